The summed E-state index contributed by atoms with van der Waals surface area (Å²) in [6, 6.07) is 22.6. The van der Waals surface area contributed by atoms with Gasteiger partial charge in [-0.25, -0.2) is 4.39 Å². The van der Waals surface area contributed by atoms with E-state index in [0.717, 1.165) is 33.2 Å². The number of aromatic nitrogens is 1. The van der Waals surface area contributed by atoms with E-state index in [0.29, 0.717) is 19.8 Å². The number of benzene rings is 3. The molecule has 1 heterocycles. The minimum atomic E-state index is -0.310. The SMILES string of the molecule is O=C(Cc1c[nH]c2ccc(F)cc12)NCc1cccc(COCc2ccccc2)c1. The molecule has 4 nitrogen and oxygen atoms in total. The van der Waals surface area contributed by atoms with Gasteiger partial charge in [0.05, 0.1) is 19.6 Å². The van der Waals surface area contributed by atoms with Gasteiger partial charge < -0.3 is 15.0 Å². The third-order valence-corrected chi connectivity index (χ3v) is 4.94. The summed E-state index contributed by atoms with van der Waals surface area (Å²) in [5.41, 5.74) is 4.81. The number of H-pyrrole nitrogens is 1. The highest BCUT2D eigenvalue weighted by atomic mass is 19.1. The van der Waals surface area contributed by atoms with Crippen LogP contribution in [0.3, 0.4) is 0 Å². The van der Waals surface area contributed by atoms with E-state index >= 15 is 0 Å². The topological polar surface area (TPSA) is 54.1 Å². The molecule has 1 amide bonds. The molecule has 30 heavy (non-hydrogen) atoms. The standard InChI is InChI=1S/C25H23FN2O2/c26-22-9-10-24-23(13-22)21(15-27-24)12-25(29)28-14-19-7-4-8-20(11-19)17-30-16-18-5-2-1-3-6-18/h1-11,13,15,27H,12,14,16-17H2,(H,28,29). The van der Waals surface area contributed by atoms with Gasteiger partial charge in [0.15, 0.2) is 0 Å². The normalized spacial score (nSPS) is 11.0. The molecular weight excluding hydrogens is 379 g/mol. The van der Waals surface area contributed by atoms with Crippen LogP contribution in [0.25, 0.3) is 10.9 Å². The Balaban J connectivity index is 1.29. The van der Waals surface area contributed by atoms with Gasteiger partial charge in [-0.05, 0) is 40.5 Å². The highest BCUT2D eigenvalue weighted by Crippen LogP contribution is 2.20. The largest absolute Gasteiger partial charge is 0.372 e. The van der Waals surface area contributed by atoms with Crippen molar-refractivity contribution < 1.29 is 13.9 Å². The van der Waals surface area contributed by atoms with Gasteiger partial charge in [0.25, 0.3) is 0 Å². The summed E-state index contributed by atoms with van der Waals surface area (Å²) in [4.78, 5) is 15.5. The lowest BCUT2D eigenvalue weighted by molar-refractivity contribution is -0.120. The fourth-order valence-corrected chi connectivity index (χ4v) is 3.42. The third-order valence-electron chi connectivity index (χ3n) is 4.94. The van der Waals surface area contributed by atoms with Crippen LogP contribution in [0.2, 0.25) is 0 Å². The second-order valence-corrected chi connectivity index (χ2v) is 7.26. The highest BCUT2D eigenvalue weighted by Gasteiger charge is 2.10. The molecule has 0 aliphatic rings. The molecule has 4 aromatic rings. The molecular formula is C25H23FN2O2. The van der Waals surface area contributed by atoms with Crippen molar-refractivity contribution in [3.63, 3.8) is 0 Å². The lowest BCUT2D eigenvalue weighted by Gasteiger charge is -2.08. The van der Waals surface area contributed by atoms with Crippen molar-refractivity contribution in [1.29, 1.82) is 0 Å². The van der Waals surface area contributed by atoms with Crippen LogP contribution in [0.5, 0.6) is 0 Å². The van der Waals surface area contributed by atoms with E-state index in [1.165, 1.54) is 12.1 Å². The van der Waals surface area contributed by atoms with Gasteiger partial charge >= 0.3 is 0 Å². The summed E-state index contributed by atoms with van der Waals surface area (Å²) >= 11 is 0. The first kappa shape index (κ1) is 19.9. The Morgan fingerprint density at radius 1 is 0.900 bits per heavy atom. The van der Waals surface area contributed by atoms with E-state index in [-0.39, 0.29) is 18.1 Å². The maximum atomic E-state index is 13.5. The molecule has 0 spiro atoms. The second-order valence-electron chi connectivity index (χ2n) is 7.26. The molecule has 0 saturated carbocycles. The predicted molar refractivity (Wildman–Crippen MR) is 115 cm³/mol. The van der Waals surface area contributed by atoms with Gasteiger partial charge in [0, 0.05) is 23.6 Å². The Labute approximate surface area is 174 Å². The molecule has 0 aliphatic heterocycles. The monoisotopic (exact) mass is 402 g/mol. The molecule has 0 saturated heterocycles. The zero-order valence-electron chi connectivity index (χ0n) is 16.5. The number of halogens is 1. The second kappa shape index (κ2) is 9.37. The minimum Gasteiger partial charge on any atom is -0.372 e. The number of rotatable bonds is 8. The molecule has 3 aromatic carbocycles. The average molecular weight is 402 g/mol. The summed E-state index contributed by atoms with van der Waals surface area (Å²) in [5.74, 6) is -0.416. The first-order chi connectivity index (χ1) is 14.7. The van der Waals surface area contributed by atoms with Crippen LogP contribution in [0.15, 0.2) is 79.0 Å². The molecule has 0 aliphatic carbocycles. The average Bonchev–Trinajstić information content (AvgIpc) is 3.15. The summed E-state index contributed by atoms with van der Waals surface area (Å²) in [7, 11) is 0. The Bertz CT molecular complexity index is 1140. The quantitative estimate of drug-likeness (QED) is 0.441. The van der Waals surface area contributed by atoms with Gasteiger partial charge in [-0.3, -0.25) is 4.79 Å². The van der Waals surface area contributed by atoms with Crippen LogP contribution in [0.4, 0.5) is 4.39 Å². The number of hydrogen-bond donors (Lipinski definition) is 2. The predicted octanol–water partition coefficient (Wildman–Crippen LogP) is 4.88. The zero-order chi connectivity index (χ0) is 20.8. The number of nitrogens with one attached hydrogen (secondary N) is 2. The van der Waals surface area contributed by atoms with Crippen molar-refractivity contribution in [3.8, 4) is 0 Å². The molecule has 2 N–H and O–H groups in total. The van der Waals surface area contributed by atoms with E-state index < -0.39 is 0 Å². The molecule has 1 aromatic heterocycles. The van der Waals surface area contributed by atoms with Crippen molar-refractivity contribution in [1.82, 2.24) is 10.3 Å². The number of ether oxygens (including phenoxy) is 1. The van der Waals surface area contributed by atoms with Gasteiger partial charge in [0.1, 0.15) is 5.82 Å². The Hall–Kier alpha value is -3.44. The summed E-state index contributed by atoms with van der Waals surface area (Å²) < 4.78 is 19.3. The van der Waals surface area contributed by atoms with Crippen LogP contribution >= 0.6 is 0 Å². The van der Waals surface area contributed by atoms with Crippen LogP contribution < -0.4 is 5.32 Å². The van der Waals surface area contributed by atoms with E-state index in [2.05, 4.69) is 10.3 Å². The van der Waals surface area contributed by atoms with Crippen molar-refractivity contribution in [3.05, 3.63) is 107 Å². The summed E-state index contributed by atoms with van der Waals surface area (Å²) in [6.45, 7) is 1.51. The van der Waals surface area contributed by atoms with Crippen molar-refractivity contribution in [2.75, 3.05) is 0 Å². The maximum Gasteiger partial charge on any atom is 0.224 e. The van der Waals surface area contributed by atoms with Gasteiger partial charge in [-0.2, -0.15) is 0 Å². The highest BCUT2D eigenvalue weighted by molar-refractivity contribution is 5.88. The Morgan fingerprint density at radius 3 is 2.53 bits per heavy atom. The van der Waals surface area contributed by atoms with Crippen LogP contribution in [0.1, 0.15) is 22.3 Å². The summed E-state index contributed by atoms with van der Waals surface area (Å²) in [5, 5.41) is 3.68. The molecule has 0 atom stereocenters. The molecule has 152 valence electrons. The third kappa shape index (κ3) is 5.13. The zero-order valence-corrected chi connectivity index (χ0v) is 16.5. The van der Waals surface area contributed by atoms with E-state index in [4.69, 9.17) is 4.74 Å². The first-order valence-corrected chi connectivity index (χ1v) is 9.89. The number of carbonyl (C=O) groups is 1. The fraction of sp³-hybridized carbons (Fsp3) is 0.160. The number of carbonyl (C=O) groups excluding carboxylic acids is 1. The Kier molecular flexibility index (Phi) is 6.20. The van der Waals surface area contributed by atoms with Crippen molar-refractivity contribution in [2.24, 2.45) is 0 Å². The number of fused-ring (bicyclic) bond motifs is 1. The van der Waals surface area contributed by atoms with Crippen molar-refractivity contribution >= 4 is 16.8 Å². The number of aromatic amines is 1. The molecule has 4 rings (SSSR count). The molecule has 0 unspecified atom stereocenters. The molecule has 0 radical (unpaired) electrons. The van der Waals surface area contributed by atoms with E-state index in [1.807, 2.05) is 54.6 Å². The number of hydrogen-bond acceptors (Lipinski definition) is 2. The van der Waals surface area contributed by atoms with Crippen molar-refractivity contribution in [2.45, 2.75) is 26.2 Å². The fourth-order valence-electron chi connectivity index (χ4n) is 3.42. The van der Waals surface area contributed by atoms with Crippen LogP contribution in [-0.4, -0.2) is 10.9 Å². The first-order valence-electron chi connectivity index (χ1n) is 9.89. The molecule has 0 fully saturated rings. The van der Waals surface area contributed by atoms with Gasteiger partial charge in [-0.15, -0.1) is 0 Å². The Morgan fingerprint density at radius 2 is 1.67 bits per heavy atom. The number of amides is 1. The molecule has 0 bridgehead atoms. The molecule has 5 heteroatoms. The van der Waals surface area contributed by atoms with Gasteiger partial charge in [0.2, 0.25) is 5.91 Å². The lowest BCUT2D eigenvalue weighted by Crippen LogP contribution is -2.24. The van der Waals surface area contributed by atoms with E-state index in [1.54, 1.807) is 12.3 Å². The summed E-state index contributed by atoms with van der Waals surface area (Å²) in [6.07, 6.45) is 1.96. The minimum absolute atomic E-state index is 0.106. The van der Waals surface area contributed by atoms with Gasteiger partial charge in [-0.1, -0.05) is 54.6 Å². The van der Waals surface area contributed by atoms with Crippen LogP contribution in [-0.2, 0) is 35.7 Å². The van der Waals surface area contributed by atoms with Crippen LogP contribution in [0, 0.1) is 5.82 Å². The van der Waals surface area contributed by atoms with E-state index in [9.17, 15) is 9.18 Å². The smallest absolute Gasteiger partial charge is 0.224 e. The lowest BCUT2D eigenvalue weighted by atomic mass is 10.1. The maximum absolute atomic E-state index is 13.5.